The van der Waals surface area contributed by atoms with Gasteiger partial charge in [0.2, 0.25) is 0 Å². The van der Waals surface area contributed by atoms with Crippen molar-refractivity contribution < 1.29 is 4.42 Å². The van der Waals surface area contributed by atoms with E-state index in [-0.39, 0.29) is 5.41 Å². The highest BCUT2D eigenvalue weighted by Gasteiger charge is 2.17. The molecular formula is C12H20O. The number of unbranched alkanes of at least 4 members (excludes halogenated alkanes) is 1. The molecule has 0 spiro atoms. The van der Waals surface area contributed by atoms with Crippen LogP contribution in [-0.2, 0) is 11.8 Å². The quantitative estimate of drug-likeness (QED) is 0.687. The fourth-order valence-electron chi connectivity index (χ4n) is 1.27. The number of hydrogen-bond acceptors (Lipinski definition) is 1. The monoisotopic (exact) mass is 180 g/mol. The number of aryl methyl sites for hydroxylation is 1. The first-order valence-electron chi connectivity index (χ1n) is 5.13. The second-order valence-electron chi connectivity index (χ2n) is 4.62. The lowest BCUT2D eigenvalue weighted by molar-refractivity contribution is 0.384. The summed E-state index contributed by atoms with van der Waals surface area (Å²) < 4.78 is 5.75. The molecule has 1 aromatic heterocycles. The van der Waals surface area contributed by atoms with Gasteiger partial charge in [0.15, 0.2) is 0 Å². The highest BCUT2D eigenvalue weighted by molar-refractivity contribution is 5.14. The van der Waals surface area contributed by atoms with Crippen molar-refractivity contribution in [3.63, 3.8) is 0 Å². The molecule has 13 heavy (non-hydrogen) atoms. The molecule has 1 aromatic rings. The summed E-state index contributed by atoms with van der Waals surface area (Å²) in [7, 11) is 0. The fourth-order valence-corrected chi connectivity index (χ4v) is 1.27. The van der Waals surface area contributed by atoms with Gasteiger partial charge in [-0.25, -0.2) is 0 Å². The van der Waals surface area contributed by atoms with Crippen LogP contribution in [0.25, 0.3) is 0 Å². The SMILES string of the molecule is CCCCc1ccc(C(C)(C)C)o1. The third kappa shape index (κ3) is 2.91. The van der Waals surface area contributed by atoms with E-state index < -0.39 is 0 Å². The van der Waals surface area contributed by atoms with Crippen LogP contribution in [0.15, 0.2) is 16.5 Å². The fraction of sp³-hybridized carbons (Fsp3) is 0.667. The molecule has 0 saturated heterocycles. The topological polar surface area (TPSA) is 13.1 Å². The van der Waals surface area contributed by atoms with Crippen LogP contribution in [0.1, 0.15) is 52.1 Å². The molecule has 1 nitrogen and oxygen atoms in total. The van der Waals surface area contributed by atoms with Gasteiger partial charge in [-0.1, -0.05) is 34.1 Å². The van der Waals surface area contributed by atoms with Gasteiger partial charge < -0.3 is 4.42 Å². The predicted octanol–water partition coefficient (Wildman–Crippen LogP) is 3.92. The van der Waals surface area contributed by atoms with Crippen molar-refractivity contribution in [3.8, 4) is 0 Å². The summed E-state index contributed by atoms with van der Waals surface area (Å²) in [6.07, 6.45) is 3.52. The van der Waals surface area contributed by atoms with Gasteiger partial charge in [0.1, 0.15) is 11.5 Å². The van der Waals surface area contributed by atoms with E-state index in [9.17, 15) is 0 Å². The van der Waals surface area contributed by atoms with E-state index in [0.29, 0.717) is 0 Å². The lowest BCUT2D eigenvalue weighted by Crippen LogP contribution is -2.09. The Morgan fingerprint density at radius 3 is 2.38 bits per heavy atom. The molecule has 1 heterocycles. The van der Waals surface area contributed by atoms with Crippen LogP contribution in [0, 0.1) is 0 Å². The van der Waals surface area contributed by atoms with Gasteiger partial charge in [-0.3, -0.25) is 0 Å². The Morgan fingerprint density at radius 1 is 1.23 bits per heavy atom. The Kier molecular flexibility index (Phi) is 3.18. The average Bonchev–Trinajstić information content (AvgIpc) is 2.47. The zero-order valence-electron chi connectivity index (χ0n) is 9.18. The van der Waals surface area contributed by atoms with Crippen molar-refractivity contribution in [3.05, 3.63) is 23.7 Å². The van der Waals surface area contributed by atoms with Crippen LogP contribution in [0.4, 0.5) is 0 Å². The molecule has 0 atom stereocenters. The Labute approximate surface area is 81.1 Å². The first-order chi connectivity index (χ1) is 6.04. The zero-order chi connectivity index (χ0) is 9.90. The molecule has 0 bridgehead atoms. The van der Waals surface area contributed by atoms with Crippen LogP contribution in [-0.4, -0.2) is 0 Å². The normalized spacial score (nSPS) is 12.0. The molecule has 0 fully saturated rings. The summed E-state index contributed by atoms with van der Waals surface area (Å²) in [5, 5.41) is 0. The van der Waals surface area contributed by atoms with Gasteiger partial charge in [-0.05, 0) is 18.6 Å². The van der Waals surface area contributed by atoms with Gasteiger partial charge in [0.05, 0.1) is 0 Å². The van der Waals surface area contributed by atoms with E-state index in [1.807, 2.05) is 0 Å². The molecular weight excluding hydrogens is 160 g/mol. The minimum absolute atomic E-state index is 0.143. The summed E-state index contributed by atoms with van der Waals surface area (Å²) in [6.45, 7) is 8.73. The van der Waals surface area contributed by atoms with Crippen LogP contribution >= 0.6 is 0 Å². The third-order valence-corrected chi connectivity index (χ3v) is 2.18. The molecule has 0 aliphatic carbocycles. The van der Waals surface area contributed by atoms with E-state index in [1.165, 1.54) is 12.8 Å². The van der Waals surface area contributed by atoms with Crippen molar-refractivity contribution in [2.24, 2.45) is 0 Å². The molecule has 0 aliphatic rings. The molecule has 0 saturated carbocycles. The Bertz CT molecular complexity index is 252. The van der Waals surface area contributed by atoms with Crippen molar-refractivity contribution in [2.75, 3.05) is 0 Å². The Balaban J connectivity index is 2.64. The highest BCUT2D eigenvalue weighted by Crippen LogP contribution is 2.24. The van der Waals surface area contributed by atoms with Crippen LogP contribution in [0.5, 0.6) is 0 Å². The highest BCUT2D eigenvalue weighted by atomic mass is 16.3. The molecule has 0 radical (unpaired) electrons. The maximum absolute atomic E-state index is 5.75. The number of hydrogen-bond donors (Lipinski definition) is 0. The Hall–Kier alpha value is -0.720. The molecule has 0 N–H and O–H groups in total. The van der Waals surface area contributed by atoms with Gasteiger partial charge in [0.25, 0.3) is 0 Å². The number of rotatable bonds is 3. The maximum atomic E-state index is 5.75. The van der Waals surface area contributed by atoms with Gasteiger partial charge in [-0.2, -0.15) is 0 Å². The minimum atomic E-state index is 0.143. The predicted molar refractivity (Wildman–Crippen MR) is 56.0 cm³/mol. The molecule has 1 heteroatoms. The lowest BCUT2D eigenvalue weighted by Gasteiger charge is -2.14. The summed E-state index contributed by atoms with van der Waals surface area (Å²) in [6, 6.07) is 4.21. The first kappa shape index (κ1) is 10.4. The number of furan rings is 1. The minimum Gasteiger partial charge on any atom is -0.466 e. The standard InChI is InChI=1S/C12H20O/c1-5-6-7-10-8-9-11(13-10)12(2,3)4/h8-9H,5-7H2,1-4H3. The summed E-state index contributed by atoms with van der Waals surface area (Å²) in [4.78, 5) is 0. The van der Waals surface area contributed by atoms with E-state index in [4.69, 9.17) is 4.42 Å². The summed E-state index contributed by atoms with van der Waals surface area (Å²) >= 11 is 0. The first-order valence-corrected chi connectivity index (χ1v) is 5.13. The molecule has 0 unspecified atom stereocenters. The van der Waals surface area contributed by atoms with Crippen LogP contribution in [0.3, 0.4) is 0 Å². The summed E-state index contributed by atoms with van der Waals surface area (Å²) in [5.74, 6) is 2.23. The van der Waals surface area contributed by atoms with E-state index >= 15 is 0 Å². The molecule has 0 aromatic carbocycles. The maximum Gasteiger partial charge on any atom is 0.109 e. The van der Waals surface area contributed by atoms with E-state index in [0.717, 1.165) is 17.9 Å². The van der Waals surface area contributed by atoms with Crippen molar-refractivity contribution >= 4 is 0 Å². The van der Waals surface area contributed by atoms with Gasteiger partial charge >= 0.3 is 0 Å². The van der Waals surface area contributed by atoms with Crippen molar-refractivity contribution in [1.82, 2.24) is 0 Å². The van der Waals surface area contributed by atoms with Crippen LogP contribution < -0.4 is 0 Å². The van der Waals surface area contributed by atoms with E-state index in [2.05, 4.69) is 39.8 Å². The molecule has 0 amide bonds. The van der Waals surface area contributed by atoms with Gasteiger partial charge in [0, 0.05) is 11.8 Å². The molecule has 1 rings (SSSR count). The second kappa shape index (κ2) is 3.99. The van der Waals surface area contributed by atoms with Crippen LogP contribution in [0.2, 0.25) is 0 Å². The average molecular weight is 180 g/mol. The van der Waals surface area contributed by atoms with Gasteiger partial charge in [-0.15, -0.1) is 0 Å². The largest absolute Gasteiger partial charge is 0.466 e. The van der Waals surface area contributed by atoms with Crippen molar-refractivity contribution in [2.45, 2.75) is 52.4 Å². The zero-order valence-corrected chi connectivity index (χ0v) is 9.18. The Morgan fingerprint density at radius 2 is 1.92 bits per heavy atom. The van der Waals surface area contributed by atoms with Crippen molar-refractivity contribution in [1.29, 1.82) is 0 Å². The smallest absolute Gasteiger partial charge is 0.109 e. The second-order valence-corrected chi connectivity index (χ2v) is 4.62. The lowest BCUT2D eigenvalue weighted by atomic mass is 9.94. The van der Waals surface area contributed by atoms with E-state index in [1.54, 1.807) is 0 Å². The summed E-state index contributed by atoms with van der Waals surface area (Å²) in [5.41, 5.74) is 0.143. The third-order valence-electron chi connectivity index (χ3n) is 2.18. The molecule has 74 valence electrons. The molecule has 0 aliphatic heterocycles.